The number of para-hydroxylation sites is 1. The Hall–Kier alpha value is -1.66. The minimum Gasteiger partial charge on any atom is -0.496 e. The minimum absolute atomic E-state index is 0.0476. The molecule has 110 valence electrons. The highest BCUT2D eigenvalue weighted by molar-refractivity contribution is 9.10. The molecule has 0 spiro atoms. The van der Waals surface area contributed by atoms with Gasteiger partial charge in [-0.1, -0.05) is 34.1 Å². The number of hydrogen-bond donors (Lipinski definition) is 1. The van der Waals surface area contributed by atoms with E-state index in [2.05, 4.69) is 15.9 Å². The molecule has 0 aliphatic rings. The van der Waals surface area contributed by atoms with Crippen molar-refractivity contribution in [3.63, 3.8) is 0 Å². The number of aromatic carboxylic acids is 1. The summed E-state index contributed by atoms with van der Waals surface area (Å²) in [6, 6.07) is 11.9. The maximum atomic E-state index is 12.5. The first-order valence-electron chi connectivity index (χ1n) is 6.06. The highest BCUT2D eigenvalue weighted by Crippen LogP contribution is 2.25. The number of halogens is 1. The summed E-state index contributed by atoms with van der Waals surface area (Å²) in [5.41, 5.74) is 0.820. The summed E-state index contributed by atoms with van der Waals surface area (Å²) >= 11 is 3.28. The van der Waals surface area contributed by atoms with Crippen LogP contribution in [0.2, 0.25) is 0 Å². The quantitative estimate of drug-likeness (QED) is 0.877. The zero-order chi connectivity index (χ0) is 15.4. The van der Waals surface area contributed by atoms with Gasteiger partial charge >= 0.3 is 5.97 Å². The predicted octanol–water partition coefficient (Wildman–Crippen LogP) is 3.46. The Kier molecular flexibility index (Phi) is 5.14. The number of methoxy groups -OCH3 is 1. The molecule has 2 rings (SSSR count). The van der Waals surface area contributed by atoms with Crippen LogP contribution in [0.3, 0.4) is 0 Å². The first-order chi connectivity index (χ1) is 10.0. The van der Waals surface area contributed by atoms with Crippen LogP contribution in [0.4, 0.5) is 0 Å². The largest absolute Gasteiger partial charge is 0.496 e. The van der Waals surface area contributed by atoms with Gasteiger partial charge in [-0.2, -0.15) is 0 Å². The van der Waals surface area contributed by atoms with Crippen LogP contribution < -0.4 is 4.74 Å². The summed E-state index contributed by atoms with van der Waals surface area (Å²) in [5.74, 6) is -0.260. The molecular weight excluding hydrogens is 356 g/mol. The molecular formula is C15H13BrO4S. The average Bonchev–Trinajstić information content (AvgIpc) is 2.47. The summed E-state index contributed by atoms with van der Waals surface area (Å²) < 4.78 is 18.4. The van der Waals surface area contributed by atoms with Gasteiger partial charge in [0.2, 0.25) is 0 Å². The van der Waals surface area contributed by atoms with Gasteiger partial charge in [0.25, 0.3) is 0 Å². The van der Waals surface area contributed by atoms with E-state index in [1.807, 2.05) is 18.2 Å². The zero-order valence-electron chi connectivity index (χ0n) is 11.2. The molecule has 0 aromatic heterocycles. The third-order valence-electron chi connectivity index (χ3n) is 2.90. The van der Waals surface area contributed by atoms with E-state index in [-0.39, 0.29) is 11.3 Å². The lowest BCUT2D eigenvalue weighted by Gasteiger charge is -2.10. The van der Waals surface area contributed by atoms with E-state index in [0.717, 1.165) is 5.56 Å². The molecule has 0 fully saturated rings. The molecule has 0 saturated carbocycles. The van der Waals surface area contributed by atoms with Gasteiger partial charge in [0.1, 0.15) is 5.75 Å². The molecule has 0 heterocycles. The topological polar surface area (TPSA) is 63.6 Å². The van der Waals surface area contributed by atoms with E-state index < -0.39 is 16.8 Å². The third kappa shape index (κ3) is 3.71. The lowest BCUT2D eigenvalue weighted by Crippen LogP contribution is -2.06. The van der Waals surface area contributed by atoms with Crippen molar-refractivity contribution in [2.45, 2.75) is 10.6 Å². The smallest absolute Gasteiger partial charge is 0.336 e. The summed E-state index contributed by atoms with van der Waals surface area (Å²) in [6.45, 7) is 0. The summed E-state index contributed by atoms with van der Waals surface area (Å²) in [5, 5.41) is 9.20. The van der Waals surface area contributed by atoms with Crippen molar-refractivity contribution < 1.29 is 18.8 Å². The average molecular weight is 369 g/mol. The van der Waals surface area contributed by atoms with Crippen LogP contribution in [0.5, 0.6) is 5.75 Å². The molecule has 1 unspecified atom stereocenters. The van der Waals surface area contributed by atoms with Gasteiger partial charge in [0.05, 0.1) is 34.1 Å². The van der Waals surface area contributed by atoms with E-state index in [1.54, 1.807) is 25.3 Å². The van der Waals surface area contributed by atoms with Gasteiger partial charge in [-0.05, 0) is 24.3 Å². The summed E-state index contributed by atoms with van der Waals surface area (Å²) in [6.07, 6.45) is 0. The Morgan fingerprint density at radius 2 is 2.00 bits per heavy atom. The Morgan fingerprint density at radius 1 is 1.29 bits per heavy atom. The second-order valence-corrected chi connectivity index (χ2v) is 6.58. The number of carboxylic acids is 1. The van der Waals surface area contributed by atoms with E-state index in [1.165, 1.54) is 6.07 Å². The lowest BCUT2D eigenvalue weighted by atomic mass is 10.2. The number of rotatable bonds is 5. The normalized spacial score (nSPS) is 11.9. The van der Waals surface area contributed by atoms with Crippen molar-refractivity contribution in [3.8, 4) is 5.75 Å². The van der Waals surface area contributed by atoms with Crippen LogP contribution in [0.1, 0.15) is 15.9 Å². The minimum atomic E-state index is -1.48. The van der Waals surface area contributed by atoms with E-state index in [0.29, 0.717) is 15.1 Å². The Balaban J connectivity index is 2.37. The van der Waals surface area contributed by atoms with Crippen molar-refractivity contribution in [3.05, 3.63) is 58.1 Å². The van der Waals surface area contributed by atoms with Gasteiger partial charge in [-0.3, -0.25) is 4.21 Å². The number of carboxylic acid groups (broad SMARTS) is 1. The van der Waals surface area contributed by atoms with Crippen LogP contribution in [0.25, 0.3) is 0 Å². The second-order valence-electron chi connectivity index (χ2n) is 4.25. The molecule has 0 radical (unpaired) electrons. The van der Waals surface area contributed by atoms with Crippen molar-refractivity contribution in [1.29, 1.82) is 0 Å². The Bertz CT molecular complexity index is 700. The van der Waals surface area contributed by atoms with Crippen LogP contribution in [0, 0.1) is 0 Å². The van der Waals surface area contributed by atoms with Gasteiger partial charge in [0, 0.05) is 10.0 Å². The van der Waals surface area contributed by atoms with E-state index in [9.17, 15) is 14.1 Å². The van der Waals surface area contributed by atoms with Gasteiger partial charge in [0.15, 0.2) is 0 Å². The molecule has 6 heteroatoms. The van der Waals surface area contributed by atoms with Crippen molar-refractivity contribution in [1.82, 2.24) is 0 Å². The third-order valence-corrected chi connectivity index (χ3v) is 4.79. The standard InChI is InChI=1S/C15H13BrO4S/c1-20-13-5-3-2-4-10(13)9-21(19)14-8-11(16)6-7-12(14)15(17)18/h2-8H,9H2,1H3,(H,17,18). The summed E-state index contributed by atoms with van der Waals surface area (Å²) in [7, 11) is 0.0657. The van der Waals surface area contributed by atoms with Crippen molar-refractivity contribution in [2.24, 2.45) is 0 Å². The van der Waals surface area contributed by atoms with Crippen LogP contribution in [-0.2, 0) is 16.6 Å². The van der Waals surface area contributed by atoms with Gasteiger partial charge in [-0.25, -0.2) is 4.79 Å². The van der Waals surface area contributed by atoms with Gasteiger partial charge < -0.3 is 9.84 Å². The Labute approximate surface area is 133 Å². The second kappa shape index (κ2) is 6.87. The van der Waals surface area contributed by atoms with Crippen LogP contribution in [-0.4, -0.2) is 22.4 Å². The number of hydrogen-bond acceptors (Lipinski definition) is 3. The SMILES string of the molecule is COc1ccccc1CS(=O)c1cc(Br)ccc1C(=O)O. The van der Waals surface area contributed by atoms with Crippen LogP contribution in [0.15, 0.2) is 51.8 Å². The van der Waals surface area contributed by atoms with E-state index in [4.69, 9.17) is 4.74 Å². The molecule has 4 nitrogen and oxygen atoms in total. The molecule has 21 heavy (non-hydrogen) atoms. The number of ether oxygens (including phenoxy) is 1. The van der Waals surface area contributed by atoms with Crippen molar-refractivity contribution >= 4 is 32.7 Å². The fourth-order valence-electron chi connectivity index (χ4n) is 1.90. The molecule has 0 bridgehead atoms. The Morgan fingerprint density at radius 3 is 2.67 bits per heavy atom. The molecule has 2 aromatic carbocycles. The van der Waals surface area contributed by atoms with Gasteiger partial charge in [-0.15, -0.1) is 0 Å². The molecule has 0 amide bonds. The number of carbonyl (C=O) groups is 1. The first kappa shape index (κ1) is 15.7. The molecule has 2 aromatic rings. The fraction of sp³-hybridized carbons (Fsp3) is 0.133. The first-order valence-corrected chi connectivity index (χ1v) is 8.17. The lowest BCUT2D eigenvalue weighted by molar-refractivity contribution is 0.0693. The maximum Gasteiger partial charge on any atom is 0.336 e. The van der Waals surface area contributed by atoms with Crippen LogP contribution >= 0.6 is 15.9 Å². The van der Waals surface area contributed by atoms with Crippen molar-refractivity contribution in [2.75, 3.05) is 7.11 Å². The highest BCUT2D eigenvalue weighted by Gasteiger charge is 2.17. The number of benzene rings is 2. The molecule has 0 aliphatic heterocycles. The molecule has 1 atom stereocenters. The van der Waals surface area contributed by atoms with E-state index >= 15 is 0 Å². The highest BCUT2D eigenvalue weighted by atomic mass is 79.9. The summed E-state index contributed by atoms with van der Waals surface area (Å²) in [4.78, 5) is 11.5. The molecule has 1 N–H and O–H groups in total. The molecule has 0 saturated heterocycles. The predicted molar refractivity (Wildman–Crippen MR) is 84.2 cm³/mol. The maximum absolute atomic E-state index is 12.5. The monoisotopic (exact) mass is 368 g/mol. The fourth-order valence-corrected chi connectivity index (χ4v) is 3.75. The zero-order valence-corrected chi connectivity index (χ0v) is 13.6. The molecule has 0 aliphatic carbocycles.